The molecule has 0 atom stereocenters. The summed E-state index contributed by atoms with van der Waals surface area (Å²) in [5.74, 6) is 0.0636. The topological polar surface area (TPSA) is 84.9 Å². The van der Waals surface area contributed by atoms with Crippen LogP contribution in [0.3, 0.4) is 0 Å². The second kappa shape index (κ2) is 11.8. The molecule has 3 aliphatic rings. The number of nitrogens with zero attached hydrogens (tertiary/aromatic N) is 1. The molecule has 9 heteroatoms. The number of Topliss-reactive ketones (excluding diaryl/α,β-unsaturated/α-hetero) is 2. The number of ketones is 2. The number of benzene rings is 2. The van der Waals surface area contributed by atoms with Crippen molar-refractivity contribution in [2.24, 2.45) is 10.8 Å². The summed E-state index contributed by atoms with van der Waals surface area (Å²) < 4.78 is 12.2. The Morgan fingerprint density at radius 2 is 1.53 bits per heavy atom. The summed E-state index contributed by atoms with van der Waals surface area (Å²) in [6.45, 7) is 11.0. The molecule has 0 fully saturated rings. The van der Waals surface area contributed by atoms with Crippen molar-refractivity contribution >= 4 is 50.7 Å². The summed E-state index contributed by atoms with van der Waals surface area (Å²) in [5.41, 5.74) is 4.48. The highest BCUT2D eigenvalue weighted by Crippen LogP contribution is 2.55. The zero-order valence-electron chi connectivity index (χ0n) is 25.5. The van der Waals surface area contributed by atoms with Crippen molar-refractivity contribution in [3.63, 3.8) is 0 Å². The summed E-state index contributed by atoms with van der Waals surface area (Å²) in [5, 5.41) is 3.36. The van der Waals surface area contributed by atoms with Crippen LogP contribution in [-0.2, 0) is 14.4 Å². The first kappa shape index (κ1) is 31.3. The number of hydrogen-bond acceptors (Lipinski definition) is 6. The Hall–Kier alpha value is -3.10. The summed E-state index contributed by atoms with van der Waals surface area (Å²) >= 11 is 9.57. The fourth-order valence-corrected chi connectivity index (χ4v) is 7.38. The Morgan fingerprint density at radius 1 is 0.977 bits per heavy atom. The van der Waals surface area contributed by atoms with E-state index in [4.69, 9.17) is 21.1 Å². The molecule has 0 saturated carbocycles. The van der Waals surface area contributed by atoms with Gasteiger partial charge < -0.3 is 19.7 Å². The predicted octanol–water partition coefficient (Wildman–Crippen LogP) is 7.83. The number of halogens is 2. The number of methoxy groups -OCH3 is 1. The summed E-state index contributed by atoms with van der Waals surface area (Å²) in [7, 11) is 1.53. The lowest BCUT2D eigenvalue weighted by Crippen LogP contribution is -2.44. The van der Waals surface area contributed by atoms with Crippen molar-refractivity contribution in [3.8, 4) is 11.5 Å². The average molecular weight is 670 g/mol. The summed E-state index contributed by atoms with van der Waals surface area (Å²) in [6.07, 6.45) is 2.35. The van der Waals surface area contributed by atoms with E-state index in [2.05, 4.69) is 60.8 Å². The number of carbonyl (C=O) groups excluding carboxylic acids is 3. The van der Waals surface area contributed by atoms with Crippen LogP contribution in [0.5, 0.6) is 11.5 Å². The fraction of sp³-hybridized carbons (Fsp3) is 0.441. The van der Waals surface area contributed by atoms with Gasteiger partial charge in [-0.3, -0.25) is 14.4 Å². The Kier molecular flexibility index (Phi) is 8.58. The zero-order chi connectivity index (χ0) is 31.3. The second-order valence-corrected chi connectivity index (χ2v) is 14.4. The highest BCUT2D eigenvalue weighted by atomic mass is 79.9. The maximum Gasteiger partial charge on any atom is 0.262 e. The Labute approximate surface area is 266 Å². The Bertz CT molecular complexity index is 1500. The van der Waals surface area contributed by atoms with Gasteiger partial charge in [0.25, 0.3) is 5.91 Å². The molecule has 1 N–H and O–H groups in total. The van der Waals surface area contributed by atoms with E-state index in [-0.39, 0.29) is 34.9 Å². The van der Waals surface area contributed by atoms with Crippen LogP contribution < -0.4 is 14.8 Å². The van der Waals surface area contributed by atoms with Crippen LogP contribution in [0.2, 0.25) is 5.02 Å². The lowest BCUT2D eigenvalue weighted by molar-refractivity contribution is -0.120. The van der Waals surface area contributed by atoms with Crippen LogP contribution in [-0.4, -0.2) is 42.6 Å². The van der Waals surface area contributed by atoms with Gasteiger partial charge in [0, 0.05) is 58.6 Å². The van der Waals surface area contributed by atoms with E-state index in [1.807, 2.05) is 12.1 Å². The summed E-state index contributed by atoms with van der Waals surface area (Å²) in [4.78, 5) is 42.7. The van der Waals surface area contributed by atoms with E-state index < -0.39 is 5.92 Å². The van der Waals surface area contributed by atoms with Gasteiger partial charge in [0.05, 0.1) is 11.6 Å². The molecule has 1 heterocycles. The molecule has 0 unspecified atom stereocenters. The molecule has 0 radical (unpaired) electrons. The van der Waals surface area contributed by atoms with Gasteiger partial charge >= 0.3 is 0 Å². The van der Waals surface area contributed by atoms with Crippen molar-refractivity contribution in [2.75, 3.05) is 25.6 Å². The minimum atomic E-state index is -0.507. The molecule has 228 valence electrons. The number of nitrogens with one attached hydrogen (secondary N) is 1. The molecule has 0 saturated heterocycles. The van der Waals surface area contributed by atoms with Gasteiger partial charge in [0.2, 0.25) is 0 Å². The van der Waals surface area contributed by atoms with Crippen molar-refractivity contribution in [1.82, 2.24) is 4.90 Å². The number of anilines is 1. The normalized spacial score (nSPS) is 19.7. The van der Waals surface area contributed by atoms with Gasteiger partial charge in [-0.1, -0.05) is 39.3 Å². The highest BCUT2D eigenvalue weighted by Gasteiger charge is 2.48. The molecular weight excluding hydrogens is 632 g/mol. The third-order valence-corrected chi connectivity index (χ3v) is 9.24. The van der Waals surface area contributed by atoms with Crippen molar-refractivity contribution in [1.29, 1.82) is 0 Å². The smallest absolute Gasteiger partial charge is 0.262 e. The first-order valence-corrected chi connectivity index (χ1v) is 15.8. The third-order valence-electron chi connectivity index (χ3n) is 8.40. The number of amides is 1. The summed E-state index contributed by atoms with van der Waals surface area (Å²) in [6, 6.07) is 10.5. The van der Waals surface area contributed by atoms with Gasteiger partial charge in [0.15, 0.2) is 29.7 Å². The van der Waals surface area contributed by atoms with Gasteiger partial charge in [-0.2, -0.15) is 0 Å². The largest absolute Gasteiger partial charge is 0.493 e. The van der Waals surface area contributed by atoms with E-state index in [1.165, 1.54) is 7.11 Å². The Balaban J connectivity index is 1.54. The molecule has 43 heavy (non-hydrogen) atoms. The molecule has 5 rings (SSSR count). The lowest BCUT2D eigenvalue weighted by Gasteiger charge is -2.49. The molecule has 0 aromatic heterocycles. The van der Waals surface area contributed by atoms with Crippen molar-refractivity contribution in [2.45, 2.75) is 66.2 Å². The van der Waals surface area contributed by atoms with Crippen LogP contribution in [0, 0.1) is 10.8 Å². The third kappa shape index (κ3) is 6.27. The van der Waals surface area contributed by atoms with Gasteiger partial charge in [-0.25, -0.2) is 0 Å². The molecule has 1 aliphatic heterocycles. The molecule has 2 aromatic rings. The van der Waals surface area contributed by atoms with E-state index in [1.54, 1.807) is 24.3 Å². The quantitative estimate of drug-likeness (QED) is 0.324. The molecule has 2 aliphatic carbocycles. The fourth-order valence-electron chi connectivity index (χ4n) is 6.68. The molecule has 2 aromatic carbocycles. The maximum absolute atomic E-state index is 13.9. The SMILES string of the molecule is CCN1C2=C(C(=O)CC(C)(C)C2)C(c2cc(Br)c(OCC(=O)Nc3ccc(Cl)cc3)c(OC)c2)C2=C1CC(C)(C)CC2=O. The van der Waals surface area contributed by atoms with Crippen LogP contribution in [0.25, 0.3) is 0 Å². The number of hydrogen-bond donors (Lipinski definition) is 1. The van der Waals surface area contributed by atoms with Crippen LogP contribution in [0.15, 0.2) is 63.4 Å². The molecule has 0 spiro atoms. The van der Waals surface area contributed by atoms with E-state index in [9.17, 15) is 14.4 Å². The highest BCUT2D eigenvalue weighted by molar-refractivity contribution is 9.10. The van der Waals surface area contributed by atoms with Crippen molar-refractivity contribution < 1.29 is 23.9 Å². The van der Waals surface area contributed by atoms with Crippen LogP contribution in [0.4, 0.5) is 5.69 Å². The number of ether oxygens (including phenoxy) is 2. The number of rotatable bonds is 7. The van der Waals surface area contributed by atoms with Gasteiger partial charge in [-0.05, 0) is 88.5 Å². The van der Waals surface area contributed by atoms with Gasteiger partial charge in [0.1, 0.15) is 0 Å². The average Bonchev–Trinajstić information content (AvgIpc) is 2.91. The molecule has 0 bridgehead atoms. The van der Waals surface area contributed by atoms with Gasteiger partial charge in [-0.15, -0.1) is 0 Å². The lowest BCUT2D eigenvalue weighted by atomic mass is 9.63. The standard InChI is InChI=1S/C34H38BrClN2O5/c1-7-38-23-14-33(2,3)16-25(39)30(23)29(31-24(38)15-34(4,5)17-26(31)40)19-12-22(35)32(27(13-19)42-6)43-18-28(41)37-21-10-8-20(36)9-11-21/h8-13,29H,7,14-18H2,1-6H3,(H,37,41). The molecular formula is C34H38BrClN2O5. The molecule has 7 nitrogen and oxygen atoms in total. The van der Waals surface area contributed by atoms with Crippen LogP contribution >= 0.6 is 27.5 Å². The zero-order valence-corrected chi connectivity index (χ0v) is 27.9. The van der Waals surface area contributed by atoms with Crippen LogP contribution in [0.1, 0.15) is 71.8 Å². The number of carbonyl (C=O) groups is 3. The van der Waals surface area contributed by atoms with Crippen molar-refractivity contribution in [3.05, 3.63) is 74.0 Å². The number of allylic oxidation sites excluding steroid dienone is 4. The van der Waals surface area contributed by atoms with E-state index in [0.717, 1.165) is 29.8 Å². The first-order valence-electron chi connectivity index (χ1n) is 14.6. The Morgan fingerprint density at radius 3 is 2.05 bits per heavy atom. The minimum absolute atomic E-state index is 0.0770. The predicted molar refractivity (Wildman–Crippen MR) is 171 cm³/mol. The van der Waals surface area contributed by atoms with E-state index >= 15 is 0 Å². The van der Waals surface area contributed by atoms with E-state index in [0.29, 0.717) is 57.2 Å². The maximum atomic E-state index is 13.9. The first-order chi connectivity index (χ1) is 20.2. The second-order valence-electron chi connectivity index (χ2n) is 13.2. The minimum Gasteiger partial charge on any atom is -0.493 e. The molecule has 1 amide bonds. The monoisotopic (exact) mass is 668 g/mol.